The molecule has 0 amide bonds. The van der Waals surface area contributed by atoms with Crippen LogP contribution >= 0.6 is 71.2 Å². The van der Waals surface area contributed by atoms with Gasteiger partial charge in [-0.25, -0.2) is 0 Å². The highest BCUT2D eigenvalue weighted by atomic mass is 35.5. The van der Waals surface area contributed by atoms with Crippen LogP contribution in [0.15, 0.2) is 0 Å². The molecule has 0 heterocycles. The number of ether oxygens (including phenoxy) is 7. The third-order valence-electron chi connectivity index (χ3n) is 5.72. The number of carbonyl (C=O) groups is 6. The van der Waals surface area contributed by atoms with E-state index in [0.29, 0.717) is 10.8 Å². The lowest BCUT2D eigenvalue weighted by Gasteiger charge is -2.25. The molecule has 13 nitrogen and oxygen atoms in total. The van der Waals surface area contributed by atoms with Crippen LogP contribution in [-0.2, 0) is 61.9 Å². The molecule has 0 N–H and O–H groups in total. The van der Waals surface area contributed by atoms with Gasteiger partial charge in [-0.1, -0.05) is 37.8 Å². The Hall–Kier alpha value is -1.92. The molecule has 6 unspecified atom stereocenters. The topological polar surface area (TPSA) is 167 Å². The Kier molecular flexibility index (Phi) is 24.9. The molecule has 0 spiro atoms. The number of rotatable bonds is 22. The van der Waals surface area contributed by atoms with E-state index in [9.17, 15) is 28.8 Å². The minimum Gasteiger partial charge on any atom is -0.479 e. The molecule has 0 fully saturated rings. The smallest absolute Gasteiger partial charge is 0.321 e. The molecule has 6 atom stereocenters. The lowest BCUT2D eigenvalue weighted by atomic mass is 10.0. The van der Waals surface area contributed by atoms with Crippen LogP contribution < -0.4 is 0 Å². The van der Waals surface area contributed by atoms with Crippen molar-refractivity contribution in [3.05, 3.63) is 0 Å². The summed E-state index contributed by atoms with van der Waals surface area (Å²) in [6, 6.07) is 0. The minimum atomic E-state index is -0.897. The zero-order chi connectivity index (χ0) is 36.8. The van der Waals surface area contributed by atoms with E-state index in [4.69, 9.17) is 80.8 Å². The summed E-state index contributed by atoms with van der Waals surface area (Å²) < 4.78 is 37.6. The Morgan fingerprint density at radius 2 is 1.02 bits per heavy atom. The van der Waals surface area contributed by atoms with Gasteiger partial charge in [0.2, 0.25) is 4.38 Å². The summed E-state index contributed by atoms with van der Waals surface area (Å²) >= 11 is 23.4. The van der Waals surface area contributed by atoms with Gasteiger partial charge in [0.25, 0.3) is 0 Å². The van der Waals surface area contributed by atoms with Crippen LogP contribution in [0.3, 0.4) is 0 Å². The second-order valence-electron chi connectivity index (χ2n) is 10.1. The molecule has 274 valence electrons. The summed E-state index contributed by atoms with van der Waals surface area (Å²) in [7, 11) is 0. The van der Waals surface area contributed by atoms with Crippen molar-refractivity contribution in [2.45, 2.75) is 90.3 Å². The summed E-state index contributed by atoms with van der Waals surface area (Å²) in [6.45, 7) is 8.70. The van der Waals surface area contributed by atoms with Crippen molar-refractivity contribution in [3.63, 3.8) is 0 Å². The largest absolute Gasteiger partial charge is 0.479 e. The van der Waals surface area contributed by atoms with Crippen molar-refractivity contribution in [2.75, 3.05) is 31.6 Å². The van der Waals surface area contributed by atoms with Gasteiger partial charge in [0.05, 0.1) is 18.4 Å². The van der Waals surface area contributed by atoms with Gasteiger partial charge in [-0.3, -0.25) is 28.8 Å². The van der Waals surface area contributed by atoms with Gasteiger partial charge >= 0.3 is 35.8 Å². The Bertz CT molecular complexity index is 1100. The van der Waals surface area contributed by atoms with E-state index in [1.807, 2.05) is 0 Å². The highest BCUT2D eigenvalue weighted by Crippen LogP contribution is 2.27. The van der Waals surface area contributed by atoms with Crippen LogP contribution in [-0.4, -0.2) is 99.1 Å². The first kappa shape index (κ1) is 46.1. The third-order valence-corrected chi connectivity index (χ3v) is 8.59. The summed E-state index contributed by atoms with van der Waals surface area (Å²) in [5.74, 6) is -6.32. The Balaban J connectivity index is 5.18. The van der Waals surface area contributed by atoms with Crippen molar-refractivity contribution >= 4 is 116 Å². The molecule has 0 aromatic carbocycles. The van der Waals surface area contributed by atoms with Crippen molar-refractivity contribution < 1.29 is 61.9 Å². The van der Waals surface area contributed by atoms with E-state index in [2.05, 4.69) is 0 Å². The first-order valence-corrected chi connectivity index (χ1v) is 18.3. The van der Waals surface area contributed by atoms with Crippen LogP contribution in [0.2, 0.25) is 0 Å². The average Bonchev–Trinajstić information content (AvgIpc) is 2.97. The fourth-order valence-corrected chi connectivity index (χ4v) is 6.50. The zero-order valence-electron chi connectivity index (χ0n) is 27.5. The number of halogens is 2. The van der Waals surface area contributed by atoms with E-state index in [0.717, 1.165) is 23.5 Å². The van der Waals surface area contributed by atoms with Gasteiger partial charge in [0.15, 0.2) is 10.9 Å². The van der Waals surface area contributed by atoms with Crippen LogP contribution in [0.4, 0.5) is 0 Å². The lowest BCUT2D eigenvalue weighted by molar-refractivity contribution is -0.160. The van der Waals surface area contributed by atoms with Gasteiger partial charge in [-0.2, -0.15) is 0 Å². The number of alkyl halides is 2. The van der Waals surface area contributed by atoms with Crippen molar-refractivity contribution in [2.24, 2.45) is 11.8 Å². The molecule has 0 aliphatic heterocycles. The molecule has 0 bridgehead atoms. The Morgan fingerprint density at radius 1 is 0.625 bits per heavy atom. The first-order chi connectivity index (χ1) is 22.5. The van der Waals surface area contributed by atoms with E-state index in [1.165, 1.54) is 13.8 Å². The fraction of sp³-hybridized carbons (Fsp3) is 0.724. The predicted molar refractivity (Wildman–Crippen MR) is 189 cm³/mol. The van der Waals surface area contributed by atoms with Gasteiger partial charge in [0.1, 0.15) is 37.2 Å². The predicted octanol–water partition coefficient (Wildman–Crippen LogP) is 5.12. The molecule has 0 aliphatic rings. The normalized spacial score (nSPS) is 14.5. The standard InChI is InChI=1S/C29H42Cl2O13S4/c1-7-38-29(46)48-26(42-19(5)33)13-22(44-24(35)15-31)11-17(3)28(37)40-9-8-39-27(36)16(2)10-21(43-23(34)14-30)12-25(41-18(4)32)47-20(6)45/h16-17,21-22,25-26H,7-15H2,1-6H3. The molecule has 19 heteroatoms. The molecule has 0 saturated carbocycles. The van der Waals surface area contributed by atoms with Crippen LogP contribution in [0, 0.1) is 11.8 Å². The van der Waals surface area contributed by atoms with E-state index in [-0.39, 0.29) is 43.3 Å². The third kappa shape index (κ3) is 22.7. The number of thioether (sulfide) groups is 2. The van der Waals surface area contributed by atoms with Gasteiger partial charge in [-0.15, -0.1) is 23.2 Å². The molecule has 0 saturated heterocycles. The summed E-state index contributed by atoms with van der Waals surface area (Å²) in [5.41, 5.74) is -1.62. The van der Waals surface area contributed by atoms with E-state index < -0.39 is 82.5 Å². The van der Waals surface area contributed by atoms with E-state index in [1.54, 1.807) is 27.7 Å². The first-order valence-electron chi connectivity index (χ1n) is 14.7. The fourth-order valence-electron chi connectivity index (χ4n) is 3.85. The highest BCUT2D eigenvalue weighted by Gasteiger charge is 2.30. The Morgan fingerprint density at radius 3 is 1.35 bits per heavy atom. The number of esters is 6. The molecule has 0 radical (unpaired) electrons. The summed E-state index contributed by atoms with van der Waals surface area (Å²) in [4.78, 5) is 72.4. The summed E-state index contributed by atoms with van der Waals surface area (Å²) in [5, 5.41) is 0. The second-order valence-corrected chi connectivity index (χ2v) is 14.6. The lowest BCUT2D eigenvalue weighted by Crippen LogP contribution is -2.31. The quantitative estimate of drug-likeness (QED) is 0.0353. The van der Waals surface area contributed by atoms with Crippen molar-refractivity contribution in [1.82, 2.24) is 0 Å². The number of hydrogen-bond donors (Lipinski definition) is 0. The average molecular weight is 798 g/mol. The van der Waals surface area contributed by atoms with Gasteiger partial charge in [0, 0.05) is 30.9 Å². The molecule has 0 aromatic rings. The van der Waals surface area contributed by atoms with E-state index >= 15 is 0 Å². The van der Waals surface area contributed by atoms with Gasteiger partial charge < -0.3 is 33.2 Å². The maximum atomic E-state index is 12.7. The SMILES string of the molecule is CCOC(=S)SC(CC(CC(C)C(=O)OCCOC(=O)C(C)CC(CC(OC(C)=O)SC(C)=S)OC(=O)CCl)OC(=O)CCl)OC(C)=O. The zero-order valence-corrected chi connectivity index (χ0v) is 32.3. The number of thiocarbonyl (C=S) groups is 2. The monoisotopic (exact) mass is 796 g/mol. The van der Waals surface area contributed by atoms with Crippen LogP contribution in [0.5, 0.6) is 0 Å². The summed E-state index contributed by atoms with van der Waals surface area (Å²) in [6.07, 6.45) is -1.69. The van der Waals surface area contributed by atoms with Gasteiger partial charge in [-0.05, 0) is 50.7 Å². The van der Waals surface area contributed by atoms with Crippen LogP contribution in [0.25, 0.3) is 0 Å². The number of carbonyl (C=O) groups excluding carboxylic acids is 6. The molecule has 0 aromatic heterocycles. The van der Waals surface area contributed by atoms with Crippen molar-refractivity contribution in [1.29, 1.82) is 0 Å². The molecular formula is C29H42Cl2O13S4. The second kappa shape index (κ2) is 26.0. The molecule has 48 heavy (non-hydrogen) atoms. The highest BCUT2D eigenvalue weighted by molar-refractivity contribution is 8.23. The van der Waals surface area contributed by atoms with Crippen molar-refractivity contribution in [3.8, 4) is 0 Å². The maximum Gasteiger partial charge on any atom is 0.321 e. The van der Waals surface area contributed by atoms with Crippen LogP contribution in [0.1, 0.15) is 67.2 Å². The number of hydrogen-bond acceptors (Lipinski definition) is 17. The maximum absolute atomic E-state index is 12.7. The molecule has 0 aliphatic carbocycles. The molecular weight excluding hydrogens is 755 g/mol. The Labute approximate surface area is 309 Å². The minimum absolute atomic E-state index is 0.00417. The molecule has 0 rings (SSSR count).